The van der Waals surface area contributed by atoms with Crippen LogP contribution in [0.5, 0.6) is 5.75 Å². The molecule has 0 bridgehead atoms. The minimum atomic E-state index is -0.896. The molecule has 0 atom stereocenters. The first kappa shape index (κ1) is 25.0. The molecular weight excluding hydrogens is 520 g/mol. The van der Waals surface area contributed by atoms with Crippen molar-refractivity contribution in [1.82, 2.24) is 0 Å². The van der Waals surface area contributed by atoms with E-state index in [0.717, 1.165) is 16.7 Å². The number of ether oxygens (including phenoxy) is 1. The Labute approximate surface area is 228 Å². The van der Waals surface area contributed by atoms with Crippen molar-refractivity contribution in [2.24, 2.45) is 0 Å². The first-order valence-electron chi connectivity index (χ1n) is 11.7. The van der Waals surface area contributed by atoms with Crippen molar-refractivity contribution in [2.75, 3.05) is 6.61 Å². The van der Waals surface area contributed by atoms with Gasteiger partial charge in [-0.25, -0.2) is 0 Å². The molecule has 1 N–H and O–H groups in total. The predicted molar refractivity (Wildman–Crippen MR) is 155 cm³/mol. The van der Waals surface area contributed by atoms with Gasteiger partial charge in [-0.2, -0.15) is 22.7 Å². The van der Waals surface area contributed by atoms with E-state index in [1.165, 1.54) is 22.3 Å². The number of carboxylic acids is 1. The van der Waals surface area contributed by atoms with Gasteiger partial charge in [-0.1, -0.05) is 66.2 Å². The number of rotatable bonds is 9. The molecule has 0 radical (unpaired) electrons. The van der Waals surface area contributed by atoms with E-state index in [0.29, 0.717) is 22.9 Å². The minimum Gasteiger partial charge on any atom is -0.488 e. The Hall–Kier alpha value is -3.64. The Morgan fingerprint density at radius 1 is 0.784 bits per heavy atom. The molecule has 2 aromatic heterocycles. The molecule has 0 aliphatic heterocycles. The highest BCUT2D eigenvalue weighted by atomic mass is 35.5. The topological polar surface area (TPSA) is 46.5 Å². The van der Waals surface area contributed by atoms with E-state index in [4.69, 9.17) is 21.4 Å². The molecule has 0 unspecified atom stereocenters. The van der Waals surface area contributed by atoms with Crippen LogP contribution in [-0.4, -0.2) is 17.7 Å². The van der Waals surface area contributed by atoms with Crippen LogP contribution in [0.1, 0.15) is 16.7 Å². The van der Waals surface area contributed by atoms with Crippen LogP contribution in [0.15, 0.2) is 106 Å². The van der Waals surface area contributed by atoms with E-state index in [2.05, 4.69) is 88.3 Å². The van der Waals surface area contributed by atoms with Gasteiger partial charge in [0.05, 0.1) is 11.4 Å². The molecule has 0 amide bonds. The maximum atomic E-state index is 11.0. The maximum Gasteiger partial charge on any atom is 0.307 e. The van der Waals surface area contributed by atoms with E-state index < -0.39 is 5.97 Å². The molecule has 3 aromatic carbocycles. The number of aliphatic carboxylic acids is 1. The maximum absolute atomic E-state index is 11.0. The Bertz CT molecular complexity index is 1420. The zero-order valence-corrected chi connectivity index (χ0v) is 22.2. The molecule has 0 aliphatic carbocycles. The van der Waals surface area contributed by atoms with Gasteiger partial charge in [0, 0.05) is 0 Å². The fourth-order valence-electron chi connectivity index (χ4n) is 4.11. The molecule has 0 spiro atoms. The zero-order chi connectivity index (χ0) is 25.6. The highest BCUT2D eigenvalue weighted by Gasteiger charge is 2.10. The average molecular weight is 543 g/mol. The molecule has 6 heteroatoms. The Morgan fingerprint density at radius 3 is 1.81 bits per heavy atom. The van der Waals surface area contributed by atoms with Crippen molar-refractivity contribution in [3.63, 3.8) is 0 Å². The van der Waals surface area contributed by atoms with Crippen LogP contribution >= 0.6 is 34.3 Å². The van der Waals surface area contributed by atoms with E-state index in [1.807, 2.05) is 0 Å². The first-order valence-corrected chi connectivity index (χ1v) is 13.9. The third kappa shape index (κ3) is 6.20. The van der Waals surface area contributed by atoms with Crippen LogP contribution in [0.2, 0.25) is 5.02 Å². The normalized spacial score (nSPS) is 10.7. The van der Waals surface area contributed by atoms with Crippen LogP contribution < -0.4 is 4.74 Å². The Balaban J connectivity index is 1.41. The summed E-state index contributed by atoms with van der Waals surface area (Å²) in [5, 5.41) is 17.9. The Morgan fingerprint density at radius 2 is 1.35 bits per heavy atom. The van der Waals surface area contributed by atoms with Gasteiger partial charge >= 0.3 is 5.97 Å². The molecule has 5 rings (SSSR count). The fraction of sp³-hybridized carbons (Fsp3) is 0.0645. The minimum absolute atomic E-state index is 0.0766. The van der Waals surface area contributed by atoms with Gasteiger partial charge in [-0.15, -0.1) is 0 Å². The molecule has 0 fully saturated rings. The largest absolute Gasteiger partial charge is 0.488 e. The number of carbonyl (C=O) groups is 1. The monoisotopic (exact) mass is 542 g/mol. The van der Waals surface area contributed by atoms with Crippen molar-refractivity contribution in [1.29, 1.82) is 0 Å². The van der Waals surface area contributed by atoms with Gasteiger partial charge in [0.1, 0.15) is 12.4 Å². The Kier molecular flexibility index (Phi) is 7.85. The molecule has 5 aromatic rings. The fourth-order valence-corrected chi connectivity index (χ4v) is 5.69. The summed E-state index contributed by atoms with van der Waals surface area (Å²) in [4.78, 5) is 11.0. The summed E-state index contributed by atoms with van der Waals surface area (Å²) in [7, 11) is 0. The summed E-state index contributed by atoms with van der Waals surface area (Å²) in [5.41, 5.74) is 8.67. The summed E-state index contributed by atoms with van der Waals surface area (Å²) in [6, 6.07) is 26.5. The average Bonchev–Trinajstić information content (AvgIpc) is 3.63. The molecule has 2 heterocycles. The summed E-state index contributed by atoms with van der Waals surface area (Å²) in [6.45, 7) is 0.311. The van der Waals surface area contributed by atoms with Crippen LogP contribution in [-0.2, 0) is 11.2 Å². The predicted octanol–water partition coefficient (Wildman–Crippen LogP) is 8.93. The van der Waals surface area contributed by atoms with E-state index in [1.54, 1.807) is 40.9 Å². The highest BCUT2D eigenvalue weighted by molar-refractivity contribution is 7.08. The van der Waals surface area contributed by atoms with Gasteiger partial charge in [0.2, 0.25) is 0 Å². The molecular formula is C31H23ClO3S2. The zero-order valence-electron chi connectivity index (χ0n) is 19.8. The summed E-state index contributed by atoms with van der Waals surface area (Å²) < 4.78 is 5.98. The van der Waals surface area contributed by atoms with Crippen LogP contribution in [0, 0.1) is 0 Å². The first-order chi connectivity index (χ1) is 18.1. The SMILES string of the molecule is O=C(O)Cc1ccc(OCC=C(c2ccc(-c3ccsc3)cc2)c2ccc(-c3ccsc3)cc2)c(Cl)c1. The number of hydrogen-bond donors (Lipinski definition) is 1. The van der Waals surface area contributed by atoms with Crippen LogP contribution in [0.25, 0.3) is 27.8 Å². The molecule has 0 aliphatic rings. The second-order valence-electron chi connectivity index (χ2n) is 8.44. The van der Waals surface area contributed by atoms with Gasteiger partial charge < -0.3 is 9.84 Å². The number of halogens is 1. The third-order valence-electron chi connectivity index (χ3n) is 5.98. The standard InChI is InChI=1S/C31H23ClO3S2/c32-29-17-21(18-31(33)34)1-10-30(29)35-14-11-28(24-6-2-22(3-7-24)26-12-15-36-19-26)25-8-4-23(5-9-25)27-13-16-37-20-27/h1-13,15-17,19-20H,14,18H2,(H,33,34). The van der Waals surface area contributed by atoms with Crippen molar-refractivity contribution in [3.05, 3.63) is 128 Å². The molecule has 0 saturated heterocycles. The summed E-state index contributed by atoms with van der Waals surface area (Å²) in [5.74, 6) is -0.376. The van der Waals surface area contributed by atoms with Crippen molar-refractivity contribution in [3.8, 4) is 28.0 Å². The van der Waals surface area contributed by atoms with Crippen molar-refractivity contribution in [2.45, 2.75) is 6.42 Å². The van der Waals surface area contributed by atoms with Gasteiger partial charge in [0.15, 0.2) is 0 Å². The lowest BCUT2D eigenvalue weighted by Gasteiger charge is -2.12. The smallest absolute Gasteiger partial charge is 0.307 e. The molecule has 184 valence electrons. The van der Waals surface area contributed by atoms with E-state index >= 15 is 0 Å². The lowest BCUT2D eigenvalue weighted by atomic mass is 9.94. The van der Waals surface area contributed by atoms with Crippen molar-refractivity contribution < 1.29 is 14.6 Å². The van der Waals surface area contributed by atoms with Crippen LogP contribution in [0.4, 0.5) is 0 Å². The van der Waals surface area contributed by atoms with Gasteiger partial charge in [-0.3, -0.25) is 4.79 Å². The number of carboxylic acid groups (broad SMARTS) is 1. The lowest BCUT2D eigenvalue weighted by Crippen LogP contribution is -2.01. The molecule has 0 saturated carbocycles. The molecule has 3 nitrogen and oxygen atoms in total. The van der Waals surface area contributed by atoms with E-state index in [9.17, 15) is 4.79 Å². The van der Waals surface area contributed by atoms with E-state index in [-0.39, 0.29) is 6.42 Å². The number of hydrogen-bond acceptors (Lipinski definition) is 4. The highest BCUT2D eigenvalue weighted by Crippen LogP contribution is 2.31. The third-order valence-corrected chi connectivity index (χ3v) is 7.64. The van der Waals surface area contributed by atoms with Gasteiger partial charge in [-0.05, 0) is 96.4 Å². The van der Waals surface area contributed by atoms with Crippen molar-refractivity contribution >= 4 is 45.8 Å². The second kappa shape index (κ2) is 11.6. The summed E-state index contributed by atoms with van der Waals surface area (Å²) >= 11 is 9.74. The molecule has 37 heavy (non-hydrogen) atoms. The number of thiophene rings is 2. The number of benzene rings is 3. The quantitative estimate of drug-likeness (QED) is 0.202. The second-order valence-corrected chi connectivity index (χ2v) is 10.4. The van der Waals surface area contributed by atoms with Crippen LogP contribution in [0.3, 0.4) is 0 Å². The summed E-state index contributed by atoms with van der Waals surface area (Å²) in [6.07, 6.45) is 1.98. The van der Waals surface area contributed by atoms with Gasteiger partial charge in [0.25, 0.3) is 0 Å². The lowest BCUT2D eigenvalue weighted by molar-refractivity contribution is -0.136.